The Morgan fingerprint density at radius 2 is 2.25 bits per heavy atom. The summed E-state index contributed by atoms with van der Waals surface area (Å²) >= 11 is 1.89. The predicted molar refractivity (Wildman–Crippen MR) is 105 cm³/mol. The molecule has 1 aromatic carbocycles. The van der Waals surface area contributed by atoms with Gasteiger partial charge in [0.1, 0.15) is 5.82 Å². The van der Waals surface area contributed by atoms with Gasteiger partial charge in [0.15, 0.2) is 22.7 Å². The smallest absolute Gasteiger partial charge is 0.202 e. The zero-order chi connectivity index (χ0) is 20.3. The van der Waals surface area contributed by atoms with Crippen LogP contribution in [-0.4, -0.2) is 56.6 Å². The van der Waals surface area contributed by atoms with E-state index in [9.17, 15) is 13.8 Å². The van der Waals surface area contributed by atoms with Crippen molar-refractivity contribution >= 4 is 44.4 Å². The average Bonchev–Trinajstić information content (AvgIpc) is 3.12. The van der Waals surface area contributed by atoms with E-state index in [1.54, 1.807) is 11.4 Å². The molecule has 0 amide bonds. The quantitative estimate of drug-likeness (QED) is 0.271. The molecule has 2 heterocycles. The van der Waals surface area contributed by atoms with E-state index in [0.717, 1.165) is 0 Å². The summed E-state index contributed by atoms with van der Waals surface area (Å²) in [6.07, 6.45) is 0. The van der Waals surface area contributed by atoms with Crippen LogP contribution in [0.15, 0.2) is 32.3 Å². The minimum Gasteiger partial charge on any atom is -0.365 e. The summed E-state index contributed by atoms with van der Waals surface area (Å²) in [6, 6.07) is 4.15. The molecule has 28 heavy (non-hydrogen) atoms. The molecule has 1 aliphatic heterocycles. The van der Waals surface area contributed by atoms with E-state index in [-0.39, 0.29) is 27.2 Å². The Balaban J connectivity index is 1.71. The summed E-state index contributed by atoms with van der Waals surface area (Å²) in [5.41, 5.74) is 2.40. The molecule has 0 spiro atoms. The highest BCUT2D eigenvalue weighted by Crippen LogP contribution is 2.31. The van der Waals surface area contributed by atoms with Crippen LogP contribution in [0, 0.1) is 11.2 Å². The van der Waals surface area contributed by atoms with Crippen LogP contribution in [0.25, 0.3) is 0 Å². The highest BCUT2D eigenvalue weighted by Gasteiger charge is 2.41. The van der Waals surface area contributed by atoms with Crippen LogP contribution < -0.4 is 15.5 Å². The molecule has 13 heteroatoms. The van der Waals surface area contributed by atoms with Gasteiger partial charge in [-0.25, -0.2) is 27.2 Å². The Labute approximate surface area is 171 Å². The number of hydroxylamine groups is 1. The predicted octanol–water partition coefficient (Wildman–Crippen LogP) is 1.56. The third kappa shape index (κ3) is 4.55. The van der Waals surface area contributed by atoms with Crippen LogP contribution in [0.1, 0.15) is 12.6 Å². The van der Waals surface area contributed by atoms with Crippen LogP contribution in [-0.2, 0) is 11.2 Å². The number of benzene rings is 1. The molecule has 0 radical (unpaired) electrons. The van der Waals surface area contributed by atoms with Gasteiger partial charge in [0, 0.05) is 25.0 Å². The zero-order valence-corrected chi connectivity index (χ0v) is 17.5. The molecule has 1 unspecified atom stereocenters. The van der Waals surface area contributed by atoms with Crippen LogP contribution >= 0.6 is 15.9 Å². The molecular formula is C15H19BrFN7O3S. The Bertz CT molecular complexity index is 904. The van der Waals surface area contributed by atoms with Gasteiger partial charge in [-0.15, -0.1) is 0 Å². The van der Waals surface area contributed by atoms with Crippen molar-refractivity contribution < 1.29 is 18.4 Å². The van der Waals surface area contributed by atoms with Crippen LogP contribution in [0.4, 0.5) is 15.9 Å². The van der Waals surface area contributed by atoms with E-state index in [4.69, 9.17) is 4.63 Å². The lowest BCUT2D eigenvalue weighted by Gasteiger charge is -2.46. The minimum absolute atomic E-state index is 0.0149. The molecule has 1 atom stereocenters. The Hall–Kier alpha value is -1.93. The summed E-state index contributed by atoms with van der Waals surface area (Å²) in [4.78, 5) is 4.21. The lowest BCUT2D eigenvalue weighted by atomic mass is 9.84. The fourth-order valence-electron chi connectivity index (χ4n) is 2.73. The largest absolute Gasteiger partial charge is 0.365 e. The molecule has 2 aromatic rings. The molecule has 3 rings (SSSR count). The number of nitrogens with zero attached hydrogens (tertiary/aromatic N) is 4. The van der Waals surface area contributed by atoms with Gasteiger partial charge in [0.25, 0.3) is 0 Å². The maximum absolute atomic E-state index is 13.4. The van der Waals surface area contributed by atoms with Crippen molar-refractivity contribution in [2.45, 2.75) is 6.92 Å². The average molecular weight is 476 g/mol. The van der Waals surface area contributed by atoms with E-state index in [1.807, 2.05) is 12.4 Å². The maximum atomic E-state index is 13.4. The Morgan fingerprint density at radius 3 is 2.89 bits per heavy atom. The standard InChI is InChI=1S/C15H19BrFN7O3S/c1-15(7-24(8-15)28(26)18-2)6-19-13-12(22-27-23-13)14(21-25)20-9-3-4-11(17)10(16)5-9/h3-5,18,25H,6-8H2,1-2H3,(H,19,23)(H,20,21). The molecule has 1 aliphatic rings. The molecule has 4 N–H and O–H groups in total. The van der Waals surface area contributed by atoms with Crippen molar-refractivity contribution in [3.05, 3.63) is 34.2 Å². The van der Waals surface area contributed by atoms with Gasteiger partial charge in [-0.3, -0.25) is 10.7 Å². The van der Waals surface area contributed by atoms with Gasteiger partial charge in [-0.05, 0) is 51.5 Å². The summed E-state index contributed by atoms with van der Waals surface area (Å²) in [7, 11) is 1.64. The summed E-state index contributed by atoms with van der Waals surface area (Å²) < 4.78 is 34.6. The molecule has 0 saturated carbocycles. The number of amidine groups is 1. The molecule has 1 saturated heterocycles. The summed E-state index contributed by atoms with van der Waals surface area (Å²) in [5, 5.41) is 20.2. The molecule has 1 fully saturated rings. The highest BCUT2D eigenvalue weighted by atomic mass is 79.9. The number of hydrogen-bond acceptors (Lipinski definition) is 7. The number of nitrogens with one attached hydrogen (secondary N) is 3. The number of rotatable bonds is 7. The lowest BCUT2D eigenvalue weighted by Crippen LogP contribution is -2.59. The van der Waals surface area contributed by atoms with Gasteiger partial charge < -0.3 is 5.32 Å². The fraction of sp³-hybridized carbons (Fsp3) is 0.400. The van der Waals surface area contributed by atoms with Crippen molar-refractivity contribution in [3.8, 4) is 0 Å². The second-order valence-corrected chi connectivity index (χ2v) is 8.82. The van der Waals surface area contributed by atoms with Crippen LogP contribution in [0.5, 0.6) is 0 Å². The lowest BCUT2D eigenvalue weighted by molar-refractivity contribution is 0.109. The maximum Gasteiger partial charge on any atom is 0.202 e. The second-order valence-electron chi connectivity index (χ2n) is 6.55. The number of halogens is 2. The van der Waals surface area contributed by atoms with Crippen molar-refractivity contribution in [1.29, 1.82) is 0 Å². The number of aromatic nitrogens is 2. The molecule has 0 bridgehead atoms. The third-order valence-corrected chi connectivity index (χ3v) is 5.85. The van der Waals surface area contributed by atoms with Crippen molar-refractivity contribution in [2.75, 3.05) is 32.0 Å². The molecule has 152 valence electrons. The van der Waals surface area contributed by atoms with Crippen LogP contribution in [0.3, 0.4) is 0 Å². The Kier molecular flexibility index (Phi) is 6.40. The van der Waals surface area contributed by atoms with E-state index < -0.39 is 17.0 Å². The van der Waals surface area contributed by atoms with E-state index >= 15 is 0 Å². The third-order valence-electron chi connectivity index (χ3n) is 4.17. The monoisotopic (exact) mass is 475 g/mol. The van der Waals surface area contributed by atoms with Crippen LogP contribution in [0.2, 0.25) is 0 Å². The minimum atomic E-state index is -1.19. The van der Waals surface area contributed by atoms with Gasteiger partial charge in [-0.1, -0.05) is 6.92 Å². The van der Waals surface area contributed by atoms with E-state index in [0.29, 0.717) is 25.3 Å². The first-order valence-electron chi connectivity index (χ1n) is 8.20. The molecule has 0 aliphatic carbocycles. The number of hydrogen-bond donors (Lipinski definition) is 4. The molecule has 1 aromatic heterocycles. The van der Waals surface area contributed by atoms with Gasteiger partial charge >= 0.3 is 0 Å². The topological polar surface area (TPSA) is 128 Å². The van der Waals surface area contributed by atoms with Gasteiger partial charge in [0.2, 0.25) is 5.82 Å². The van der Waals surface area contributed by atoms with Crippen molar-refractivity contribution in [1.82, 2.24) is 24.8 Å². The van der Waals surface area contributed by atoms with Crippen molar-refractivity contribution in [3.63, 3.8) is 0 Å². The first-order valence-corrected chi connectivity index (χ1v) is 10.1. The van der Waals surface area contributed by atoms with Crippen molar-refractivity contribution in [2.24, 2.45) is 10.4 Å². The van der Waals surface area contributed by atoms with E-state index in [2.05, 4.69) is 41.3 Å². The van der Waals surface area contributed by atoms with Gasteiger partial charge in [-0.2, -0.15) is 0 Å². The number of anilines is 1. The zero-order valence-electron chi connectivity index (χ0n) is 15.1. The Morgan fingerprint density at radius 1 is 1.50 bits per heavy atom. The summed E-state index contributed by atoms with van der Waals surface area (Å²) in [6.45, 7) is 3.84. The van der Waals surface area contributed by atoms with E-state index in [1.165, 1.54) is 18.2 Å². The number of aliphatic imine (C=N–C) groups is 1. The summed E-state index contributed by atoms with van der Waals surface area (Å²) in [5.74, 6) is -0.153. The molecular weight excluding hydrogens is 457 g/mol. The fourth-order valence-corrected chi connectivity index (χ4v) is 4.22. The highest BCUT2D eigenvalue weighted by molar-refractivity contribution is 9.10. The first-order chi connectivity index (χ1) is 13.3. The van der Waals surface area contributed by atoms with Gasteiger partial charge in [0.05, 0.1) is 10.2 Å². The normalized spacial score (nSPS) is 17.8. The second kappa shape index (κ2) is 8.61. The first kappa shape index (κ1) is 20.8. The SMILES string of the molecule is CNS(=O)N1CC(C)(CNc2nonc2C(=Nc2ccc(F)c(Br)c2)NO)C1. The molecule has 10 nitrogen and oxygen atoms in total.